The van der Waals surface area contributed by atoms with Crippen molar-refractivity contribution in [1.82, 2.24) is 16.0 Å². The zero-order valence-corrected chi connectivity index (χ0v) is 18.4. The van der Waals surface area contributed by atoms with Gasteiger partial charge in [0.05, 0.1) is 5.75 Å². The van der Waals surface area contributed by atoms with Gasteiger partial charge in [-0.3, -0.25) is 28.8 Å². The lowest BCUT2D eigenvalue weighted by atomic mass is 9.95. The molecule has 1 rings (SSSR count). The van der Waals surface area contributed by atoms with E-state index >= 15 is 0 Å². The van der Waals surface area contributed by atoms with Gasteiger partial charge < -0.3 is 31.9 Å². The second kappa shape index (κ2) is 14.4. The zero-order valence-electron chi connectivity index (χ0n) is 17.6. The first-order chi connectivity index (χ1) is 15.1. The van der Waals surface area contributed by atoms with Crippen LogP contribution >= 0.6 is 11.8 Å². The van der Waals surface area contributed by atoms with Crippen molar-refractivity contribution in [1.29, 1.82) is 0 Å². The molecule has 13 heteroatoms. The summed E-state index contributed by atoms with van der Waals surface area (Å²) in [6.45, 7) is -0.664. The van der Waals surface area contributed by atoms with Crippen molar-refractivity contribution in [3.63, 3.8) is 0 Å². The van der Waals surface area contributed by atoms with E-state index < -0.39 is 54.1 Å². The largest absolute Gasteiger partial charge is 0.480 e. The van der Waals surface area contributed by atoms with Crippen molar-refractivity contribution in [2.45, 2.75) is 63.1 Å². The van der Waals surface area contributed by atoms with Crippen LogP contribution in [0.2, 0.25) is 0 Å². The third kappa shape index (κ3) is 11.1. The molecule has 180 valence electrons. The molecule has 0 saturated heterocycles. The Morgan fingerprint density at radius 1 is 1.03 bits per heavy atom. The van der Waals surface area contributed by atoms with Crippen LogP contribution in [0.15, 0.2) is 0 Å². The molecular formula is C19H30N4O8S. The van der Waals surface area contributed by atoms with Crippen LogP contribution < -0.4 is 21.7 Å². The number of rotatable bonds is 14. The second-order valence-corrected chi connectivity index (χ2v) is 8.49. The van der Waals surface area contributed by atoms with Crippen LogP contribution in [0, 0.1) is 0 Å². The highest BCUT2D eigenvalue weighted by atomic mass is 32.2. The van der Waals surface area contributed by atoms with Crippen LogP contribution in [0.4, 0.5) is 0 Å². The molecule has 1 aliphatic rings. The first-order valence-electron chi connectivity index (χ1n) is 10.3. The average molecular weight is 475 g/mol. The van der Waals surface area contributed by atoms with Crippen LogP contribution in [0.1, 0.15) is 44.9 Å². The maximum atomic E-state index is 12.2. The number of hydrogen-bond acceptors (Lipinski definition) is 8. The smallest absolute Gasteiger partial charge is 0.322 e. The maximum absolute atomic E-state index is 12.2. The second-order valence-electron chi connectivity index (χ2n) is 7.46. The highest BCUT2D eigenvalue weighted by Gasteiger charge is 2.24. The standard InChI is InChI=1S/C19H30N4O8S/c20-12(19(30)31)6-7-15(25)23-13(17(28)21-8-16(26)27)9-32-10-14(24)18(29)22-11-4-2-1-3-5-11/h11-13H,1-10,20H2,(H,21,28)(H,22,29)(H,23,25)(H,26,27)(H,30,31). The molecule has 1 fully saturated rings. The highest BCUT2D eigenvalue weighted by Crippen LogP contribution is 2.17. The number of hydrogen-bond donors (Lipinski definition) is 6. The van der Waals surface area contributed by atoms with Crippen molar-refractivity contribution in [2.24, 2.45) is 5.73 Å². The predicted octanol–water partition coefficient (Wildman–Crippen LogP) is -1.38. The molecule has 1 saturated carbocycles. The van der Waals surface area contributed by atoms with Crippen LogP contribution in [0.5, 0.6) is 0 Å². The molecule has 0 heterocycles. The normalized spacial score (nSPS) is 15.8. The summed E-state index contributed by atoms with van der Waals surface area (Å²) < 4.78 is 0. The molecule has 0 aliphatic heterocycles. The third-order valence-corrected chi connectivity index (χ3v) is 5.81. The van der Waals surface area contributed by atoms with Gasteiger partial charge in [0.25, 0.3) is 5.91 Å². The van der Waals surface area contributed by atoms with Gasteiger partial charge in [0, 0.05) is 18.2 Å². The maximum Gasteiger partial charge on any atom is 0.322 e. The average Bonchev–Trinajstić information content (AvgIpc) is 2.75. The molecule has 1 aliphatic carbocycles. The number of Topliss-reactive ketones (excluding diaryl/α,β-unsaturated/α-hetero) is 1. The van der Waals surface area contributed by atoms with E-state index in [9.17, 15) is 28.8 Å². The number of nitrogens with two attached hydrogens (primary N) is 1. The molecule has 0 aromatic rings. The Hall–Kier alpha value is -2.67. The molecule has 0 aromatic heterocycles. The van der Waals surface area contributed by atoms with Crippen molar-refractivity contribution >= 4 is 47.2 Å². The Morgan fingerprint density at radius 2 is 1.69 bits per heavy atom. The summed E-state index contributed by atoms with van der Waals surface area (Å²) in [4.78, 5) is 69.8. The van der Waals surface area contributed by atoms with E-state index in [0.717, 1.165) is 43.9 Å². The van der Waals surface area contributed by atoms with Gasteiger partial charge in [-0.1, -0.05) is 19.3 Å². The fraction of sp³-hybridized carbons (Fsp3) is 0.684. The first-order valence-corrected chi connectivity index (χ1v) is 11.4. The summed E-state index contributed by atoms with van der Waals surface area (Å²) in [6, 6.07) is -2.44. The first kappa shape index (κ1) is 27.4. The lowest BCUT2D eigenvalue weighted by Crippen LogP contribution is -2.49. The molecule has 12 nitrogen and oxygen atoms in total. The van der Waals surface area contributed by atoms with Gasteiger partial charge >= 0.3 is 11.9 Å². The number of nitrogens with one attached hydrogen (secondary N) is 3. The number of carboxylic acid groups (broad SMARTS) is 2. The van der Waals surface area contributed by atoms with Crippen molar-refractivity contribution in [2.75, 3.05) is 18.1 Å². The highest BCUT2D eigenvalue weighted by molar-refractivity contribution is 8.00. The van der Waals surface area contributed by atoms with Gasteiger partial charge in [0.1, 0.15) is 18.6 Å². The van der Waals surface area contributed by atoms with E-state index in [-0.39, 0.29) is 30.4 Å². The third-order valence-electron chi connectivity index (χ3n) is 4.78. The van der Waals surface area contributed by atoms with E-state index in [2.05, 4.69) is 16.0 Å². The van der Waals surface area contributed by atoms with Gasteiger partial charge in [-0.15, -0.1) is 0 Å². The minimum atomic E-state index is -1.28. The minimum absolute atomic E-state index is 0.0174. The summed E-state index contributed by atoms with van der Waals surface area (Å²) in [6.07, 6.45) is 4.35. The fourth-order valence-electron chi connectivity index (χ4n) is 2.99. The predicted molar refractivity (Wildman–Crippen MR) is 115 cm³/mol. The minimum Gasteiger partial charge on any atom is -0.480 e. The number of ketones is 1. The topological polar surface area (TPSA) is 205 Å². The SMILES string of the molecule is NC(CCC(=O)NC(CSCC(=O)C(=O)NC1CCCCC1)C(=O)NCC(=O)O)C(=O)O. The van der Waals surface area contributed by atoms with Gasteiger partial charge in [0.2, 0.25) is 17.6 Å². The number of carbonyl (C=O) groups excluding carboxylic acids is 4. The quantitative estimate of drug-likeness (QED) is 0.163. The molecule has 0 aromatic carbocycles. The number of aliphatic carboxylic acids is 2. The lowest BCUT2D eigenvalue weighted by molar-refractivity contribution is -0.139. The lowest BCUT2D eigenvalue weighted by Gasteiger charge is -2.22. The molecule has 3 amide bonds. The van der Waals surface area contributed by atoms with E-state index in [1.165, 1.54) is 0 Å². The van der Waals surface area contributed by atoms with Gasteiger partial charge in [-0.05, 0) is 19.3 Å². The Kier molecular flexibility index (Phi) is 12.3. The summed E-state index contributed by atoms with van der Waals surface area (Å²) in [5, 5.41) is 24.7. The summed E-state index contributed by atoms with van der Waals surface area (Å²) in [5.41, 5.74) is 5.34. The Labute approximate surface area is 189 Å². The Balaban J connectivity index is 2.54. The zero-order chi connectivity index (χ0) is 24.1. The molecule has 2 unspecified atom stereocenters. The van der Waals surface area contributed by atoms with Crippen LogP contribution in [-0.2, 0) is 28.8 Å². The van der Waals surface area contributed by atoms with E-state index in [1.807, 2.05) is 0 Å². The molecule has 7 N–H and O–H groups in total. The van der Waals surface area contributed by atoms with Crippen LogP contribution in [0.25, 0.3) is 0 Å². The van der Waals surface area contributed by atoms with Crippen molar-refractivity contribution in [3.8, 4) is 0 Å². The summed E-state index contributed by atoms with van der Waals surface area (Å²) in [7, 11) is 0. The Morgan fingerprint density at radius 3 is 2.28 bits per heavy atom. The van der Waals surface area contributed by atoms with E-state index in [1.54, 1.807) is 0 Å². The molecule has 32 heavy (non-hydrogen) atoms. The van der Waals surface area contributed by atoms with Crippen molar-refractivity contribution in [3.05, 3.63) is 0 Å². The van der Waals surface area contributed by atoms with E-state index in [4.69, 9.17) is 15.9 Å². The number of amides is 3. The summed E-state index contributed by atoms with van der Waals surface area (Å²) >= 11 is 0.942. The van der Waals surface area contributed by atoms with Crippen LogP contribution in [0.3, 0.4) is 0 Å². The Bertz CT molecular complexity index is 711. The molecule has 0 radical (unpaired) electrons. The molecular weight excluding hydrogens is 444 g/mol. The number of carbonyl (C=O) groups is 6. The summed E-state index contributed by atoms with van der Waals surface area (Å²) in [5.74, 6) is -5.65. The molecule has 2 atom stereocenters. The van der Waals surface area contributed by atoms with E-state index in [0.29, 0.717) is 0 Å². The van der Waals surface area contributed by atoms with Gasteiger partial charge in [-0.25, -0.2) is 0 Å². The van der Waals surface area contributed by atoms with Gasteiger partial charge in [0.15, 0.2) is 0 Å². The fourth-order valence-corrected chi connectivity index (χ4v) is 3.90. The monoisotopic (exact) mass is 474 g/mol. The van der Waals surface area contributed by atoms with Crippen LogP contribution in [-0.4, -0.2) is 81.8 Å². The van der Waals surface area contributed by atoms with Gasteiger partial charge in [-0.2, -0.15) is 11.8 Å². The number of thioether (sulfide) groups is 1. The molecule has 0 spiro atoms. The number of carboxylic acids is 2. The molecule has 0 bridgehead atoms. The van der Waals surface area contributed by atoms with Crippen molar-refractivity contribution < 1.29 is 39.0 Å².